The predicted molar refractivity (Wildman–Crippen MR) is 65.9 cm³/mol. The Morgan fingerprint density at radius 1 is 1.44 bits per heavy atom. The van der Waals surface area contributed by atoms with Gasteiger partial charge in [-0.1, -0.05) is 6.07 Å². The first-order valence-corrected chi connectivity index (χ1v) is 4.82. The number of aliphatic imine (C=N–C) groups is 1. The van der Waals surface area contributed by atoms with Crippen LogP contribution >= 0.6 is 24.0 Å². The van der Waals surface area contributed by atoms with Crippen LogP contribution in [0.3, 0.4) is 0 Å². The Kier molecular flexibility index (Phi) is 6.14. The molecule has 1 amide bonds. The van der Waals surface area contributed by atoms with E-state index in [-0.39, 0.29) is 18.1 Å². The van der Waals surface area contributed by atoms with E-state index in [2.05, 4.69) is 4.99 Å². The molecule has 0 radical (unpaired) electrons. The number of halogens is 5. The van der Waals surface area contributed by atoms with Crippen molar-refractivity contribution in [1.82, 2.24) is 4.90 Å². The molecule has 8 heteroatoms. The molecule has 0 aliphatic carbocycles. The van der Waals surface area contributed by atoms with Gasteiger partial charge in [-0.15, -0.1) is 12.4 Å². The number of amides is 1. The molecule has 0 saturated carbocycles. The lowest BCUT2D eigenvalue weighted by Crippen LogP contribution is -2.18. The SMILES string of the molecule is CN(C=Nc1cccc(C(F)(F)F)c1)C(=O)Cl.Cl. The van der Waals surface area contributed by atoms with Crippen molar-refractivity contribution in [3.05, 3.63) is 29.8 Å². The molecule has 0 unspecified atom stereocenters. The lowest BCUT2D eigenvalue weighted by molar-refractivity contribution is -0.137. The van der Waals surface area contributed by atoms with Gasteiger partial charge in [-0.25, -0.2) is 4.99 Å². The summed E-state index contributed by atoms with van der Waals surface area (Å²) in [5.41, 5.74) is -0.711. The summed E-state index contributed by atoms with van der Waals surface area (Å²) in [6.45, 7) is 0. The Balaban J connectivity index is 0.00000289. The monoisotopic (exact) mass is 300 g/mol. The summed E-state index contributed by atoms with van der Waals surface area (Å²) in [6, 6.07) is 4.44. The number of nitrogens with zero attached hydrogens (tertiary/aromatic N) is 2. The lowest BCUT2D eigenvalue weighted by Gasteiger charge is -2.07. The average molecular weight is 301 g/mol. The molecule has 0 spiro atoms. The van der Waals surface area contributed by atoms with Gasteiger partial charge < -0.3 is 0 Å². The zero-order valence-electron chi connectivity index (χ0n) is 9.11. The third-order valence-corrected chi connectivity index (χ3v) is 2.10. The largest absolute Gasteiger partial charge is 0.416 e. The van der Waals surface area contributed by atoms with Crippen molar-refractivity contribution in [3.63, 3.8) is 0 Å². The van der Waals surface area contributed by atoms with Gasteiger partial charge in [0.25, 0.3) is 0 Å². The summed E-state index contributed by atoms with van der Waals surface area (Å²) in [5, 5.41) is -0.777. The third kappa shape index (κ3) is 4.93. The van der Waals surface area contributed by atoms with Crippen LogP contribution < -0.4 is 0 Å². The van der Waals surface area contributed by atoms with E-state index in [1.165, 1.54) is 19.2 Å². The lowest BCUT2D eigenvalue weighted by atomic mass is 10.2. The fraction of sp³-hybridized carbons (Fsp3) is 0.200. The second kappa shape index (κ2) is 6.61. The van der Waals surface area contributed by atoms with E-state index in [4.69, 9.17) is 11.6 Å². The summed E-state index contributed by atoms with van der Waals surface area (Å²) in [5.74, 6) is 0. The minimum absolute atomic E-state index is 0. The highest BCUT2D eigenvalue weighted by Gasteiger charge is 2.30. The molecule has 0 aromatic heterocycles. The quantitative estimate of drug-likeness (QED) is 0.351. The van der Waals surface area contributed by atoms with E-state index in [0.717, 1.165) is 23.4 Å². The molecule has 3 nitrogen and oxygen atoms in total. The van der Waals surface area contributed by atoms with Crippen molar-refractivity contribution < 1.29 is 18.0 Å². The van der Waals surface area contributed by atoms with Crippen LogP contribution in [0.4, 0.5) is 23.7 Å². The van der Waals surface area contributed by atoms with Crippen LogP contribution in [0.15, 0.2) is 29.3 Å². The van der Waals surface area contributed by atoms with Crippen molar-refractivity contribution in [1.29, 1.82) is 0 Å². The van der Waals surface area contributed by atoms with Crippen molar-refractivity contribution in [2.24, 2.45) is 4.99 Å². The Hall–Kier alpha value is -1.27. The minimum atomic E-state index is -4.42. The molecule has 1 aromatic carbocycles. The first kappa shape index (κ1) is 16.7. The van der Waals surface area contributed by atoms with Crippen LogP contribution in [0.25, 0.3) is 0 Å². The fourth-order valence-corrected chi connectivity index (χ4v) is 1.00. The first-order chi connectivity index (χ1) is 7.80. The molecule has 0 aliphatic rings. The fourth-order valence-electron chi connectivity index (χ4n) is 0.961. The average Bonchev–Trinajstić information content (AvgIpc) is 2.25. The number of carbonyl (C=O) groups excluding carboxylic acids is 1. The molecule has 1 aromatic rings. The van der Waals surface area contributed by atoms with E-state index >= 15 is 0 Å². The highest BCUT2D eigenvalue weighted by atomic mass is 35.5. The van der Waals surface area contributed by atoms with Crippen molar-refractivity contribution in [2.45, 2.75) is 6.18 Å². The summed E-state index contributed by atoms with van der Waals surface area (Å²) in [7, 11) is 1.34. The molecule has 0 N–H and O–H groups in total. The van der Waals surface area contributed by atoms with Crippen LogP contribution in [-0.4, -0.2) is 23.7 Å². The molecular weight excluding hydrogens is 292 g/mol. The van der Waals surface area contributed by atoms with Gasteiger partial charge in [0.15, 0.2) is 0 Å². The van der Waals surface area contributed by atoms with Crippen LogP contribution in [0.2, 0.25) is 0 Å². The van der Waals surface area contributed by atoms with E-state index in [1.807, 2.05) is 0 Å². The van der Waals surface area contributed by atoms with Crippen LogP contribution in [0.1, 0.15) is 5.56 Å². The summed E-state index contributed by atoms with van der Waals surface area (Å²) in [4.78, 5) is 15.3. The maximum Gasteiger partial charge on any atom is 0.416 e. The van der Waals surface area contributed by atoms with Crippen LogP contribution in [-0.2, 0) is 6.18 Å². The Bertz CT molecular complexity index is 449. The minimum Gasteiger partial charge on any atom is -0.292 e. The molecular formula is C10H9Cl2F3N2O. The van der Waals surface area contributed by atoms with E-state index < -0.39 is 17.1 Å². The number of carbonyl (C=O) groups is 1. The first-order valence-electron chi connectivity index (χ1n) is 4.44. The topological polar surface area (TPSA) is 32.7 Å². The summed E-state index contributed by atoms with van der Waals surface area (Å²) < 4.78 is 37.1. The van der Waals surface area contributed by atoms with Gasteiger partial charge in [-0.05, 0) is 29.8 Å². The second-order valence-corrected chi connectivity index (χ2v) is 3.48. The van der Waals surface area contributed by atoms with E-state index in [1.54, 1.807) is 0 Å². The molecule has 18 heavy (non-hydrogen) atoms. The van der Waals surface area contributed by atoms with Gasteiger partial charge in [-0.2, -0.15) is 13.2 Å². The third-order valence-electron chi connectivity index (χ3n) is 1.83. The van der Waals surface area contributed by atoms with Crippen LogP contribution in [0, 0.1) is 0 Å². The number of benzene rings is 1. The molecule has 0 saturated heterocycles. The number of hydrogen-bond acceptors (Lipinski definition) is 2. The highest BCUT2D eigenvalue weighted by Crippen LogP contribution is 2.31. The predicted octanol–water partition coefficient (Wildman–Crippen LogP) is 4.08. The molecule has 0 aliphatic heterocycles. The molecule has 0 heterocycles. The zero-order chi connectivity index (χ0) is 13.1. The highest BCUT2D eigenvalue weighted by molar-refractivity contribution is 6.63. The van der Waals surface area contributed by atoms with Gasteiger partial charge in [0, 0.05) is 7.05 Å². The summed E-state index contributed by atoms with van der Waals surface area (Å²) in [6.07, 6.45) is -3.37. The molecule has 0 bridgehead atoms. The number of rotatable bonds is 2. The Morgan fingerprint density at radius 3 is 2.56 bits per heavy atom. The smallest absolute Gasteiger partial charge is 0.292 e. The molecule has 100 valence electrons. The van der Waals surface area contributed by atoms with Crippen molar-refractivity contribution in [3.8, 4) is 0 Å². The van der Waals surface area contributed by atoms with Crippen LogP contribution in [0.5, 0.6) is 0 Å². The van der Waals surface area contributed by atoms with Gasteiger partial charge in [-0.3, -0.25) is 9.69 Å². The maximum absolute atomic E-state index is 12.4. The molecule has 1 rings (SSSR count). The van der Waals surface area contributed by atoms with Gasteiger partial charge in [0.05, 0.1) is 17.6 Å². The number of alkyl halides is 3. The van der Waals surface area contributed by atoms with Crippen molar-refractivity contribution in [2.75, 3.05) is 7.05 Å². The standard InChI is InChI=1S/C10H8ClF3N2O.ClH/c1-16(9(11)17)6-15-8-4-2-3-7(5-8)10(12,13)14;/h2-6H,1H3;1H. The maximum atomic E-state index is 12.4. The molecule has 0 fully saturated rings. The second-order valence-electron chi connectivity index (χ2n) is 3.16. The van der Waals surface area contributed by atoms with Gasteiger partial charge in [0.1, 0.15) is 0 Å². The van der Waals surface area contributed by atoms with Crippen molar-refractivity contribution >= 4 is 41.4 Å². The van der Waals surface area contributed by atoms with Gasteiger partial charge in [0.2, 0.25) is 0 Å². The number of hydrogen-bond donors (Lipinski definition) is 0. The van der Waals surface area contributed by atoms with E-state index in [9.17, 15) is 18.0 Å². The zero-order valence-corrected chi connectivity index (χ0v) is 10.7. The van der Waals surface area contributed by atoms with E-state index in [0.29, 0.717) is 0 Å². The normalized spacial score (nSPS) is 11.2. The molecule has 0 atom stereocenters. The Labute approximate surface area is 113 Å². The summed E-state index contributed by atoms with van der Waals surface area (Å²) >= 11 is 5.11. The Morgan fingerprint density at radius 2 is 2.06 bits per heavy atom. The van der Waals surface area contributed by atoms with Gasteiger partial charge >= 0.3 is 11.5 Å².